The number of benzene rings is 1. The van der Waals surface area contributed by atoms with Crippen LogP contribution in [0.1, 0.15) is 25.5 Å². The molecule has 0 aliphatic heterocycles. The minimum Gasteiger partial charge on any atom is -0.504 e. The summed E-state index contributed by atoms with van der Waals surface area (Å²) in [4.78, 5) is 4.24. The van der Waals surface area contributed by atoms with Crippen LogP contribution in [0.3, 0.4) is 0 Å². The number of hydrogen-bond acceptors (Lipinski definition) is 5. The summed E-state index contributed by atoms with van der Waals surface area (Å²) in [6.45, 7) is 3.61. The van der Waals surface area contributed by atoms with E-state index in [2.05, 4.69) is 4.89 Å². The summed E-state index contributed by atoms with van der Waals surface area (Å²) in [6.07, 6.45) is -0.664. The van der Waals surface area contributed by atoms with Gasteiger partial charge in [0.05, 0.1) is 0 Å². The van der Waals surface area contributed by atoms with Gasteiger partial charge in [0.1, 0.15) is 6.10 Å². The zero-order chi connectivity index (χ0) is 11.6. The minimum absolute atomic E-state index is 0.0432. The monoisotopic (exact) mass is 214 g/mol. The third-order valence-electron chi connectivity index (χ3n) is 2.14. The summed E-state index contributed by atoms with van der Waals surface area (Å²) >= 11 is 0. The highest BCUT2D eigenvalue weighted by atomic mass is 17.1. The van der Waals surface area contributed by atoms with E-state index < -0.39 is 23.4 Å². The Morgan fingerprint density at radius 1 is 1.07 bits per heavy atom. The Labute approximate surface area is 87.1 Å². The highest BCUT2D eigenvalue weighted by Gasteiger charge is 2.20. The smallest absolute Gasteiger partial charge is 0.200 e. The molecule has 84 valence electrons. The number of rotatable bonds is 3. The molecular weight excluding hydrogens is 200 g/mol. The second-order valence-electron chi connectivity index (χ2n) is 3.68. The molecule has 0 amide bonds. The van der Waals surface area contributed by atoms with Crippen LogP contribution in [-0.4, -0.2) is 20.6 Å². The van der Waals surface area contributed by atoms with Crippen molar-refractivity contribution in [2.24, 2.45) is 5.92 Å². The molecule has 1 aromatic carbocycles. The molecule has 0 heterocycles. The molecule has 0 saturated carbocycles. The van der Waals surface area contributed by atoms with Crippen LogP contribution in [0.25, 0.3) is 0 Å². The zero-order valence-electron chi connectivity index (χ0n) is 8.51. The molecular formula is C10H14O5. The maximum Gasteiger partial charge on any atom is 0.200 e. The minimum atomic E-state index is -0.664. The van der Waals surface area contributed by atoms with Gasteiger partial charge in [-0.1, -0.05) is 13.8 Å². The summed E-state index contributed by atoms with van der Waals surface area (Å²) in [7, 11) is 0. The van der Waals surface area contributed by atoms with Gasteiger partial charge in [0.2, 0.25) is 0 Å². The van der Waals surface area contributed by atoms with E-state index in [-0.39, 0.29) is 5.92 Å². The van der Waals surface area contributed by atoms with E-state index in [1.165, 1.54) is 12.1 Å². The number of phenolic OH excluding ortho intramolecular Hbond substituents is 3. The maximum atomic E-state index is 9.26. The normalized spacial score (nSPS) is 13.1. The van der Waals surface area contributed by atoms with Gasteiger partial charge in [0.25, 0.3) is 0 Å². The van der Waals surface area contributed by atoms with Crippen LogP contribution in [0.5, 0.6) is 17.2 Å². The van der Waals surface area contributed by atoms with Gasteiger partial charge in [-0.05, 0) is 23.6 Å². The van der Waals surface area contributed by atoms with Crippen LogP contribution >= 0.6 is 0 Å². The standard InChI is InChI=1S/C10H14O5/c1-5(2)10(15-14)6-3-7(11)9(13)8(12)4-6/h3-5,10-14H,1-2H3. The van der Waals surface area contributed by atoms with Crippen LogP contribution in [0.15, 0.2) is 12.1 Å². The van der Waals surface area contributed by atoms with Gasteiger partial charge in [-0.15, -0.1) is 0 Å². The van der Waals surface area contributed by atoms with E-state index in [1.54, 1.807) is 0 Å². The van der Waals surface area contributed by atoms with Gasteiger partial charge in [-0.25, -0.2) is 4.89 Å². The van der Waals surface area contributed by atoms with E-state index in [0.717, 1.165) is 0 Å². The molecule has 0 aliphatic carbocycles. The molecule has 15 heavy (non-hydrogen) atoms. The van der Waals surface area contributed by atoms with Crippen molar-refractivity contribution >= 4 is 0 Å². The predicted molar refractivity (Wildman–Crippen MR) is 52.7 cm³/mol. The number of aromatic hydroxyl groups is 3. The Morgan fingerprint density at radius 2 is 1.53 bits per heavy atom. The fraction of sp³-hybridized carbons (Fsp3) is 0.400. The Kier molecular flexibility index (Phi) is 3.39. The van der Waals surface area contributed by atoms with Crippen molar-refractivity contribution in [3.05, 3.63) is 17.7 Å². The van der Waals surface area contributed by atoms with Gasteiger partial charge < -0.3 is 15.3 Å². The fourth-order valence-corrected chi connectivity index (χ4v) is 1.36. The average molecular weight is 214 g/mol. The summed E-state index contributed by atoms with van der Waals surface area (Å²) in [5, 5.41) is 36.3. The molecule has 0 bridgehead atoms. The summed E-state index contributed by atoms with van der Waals surface area (Å²) in [5.41, 5.74) is 0.389. The van der Waals surface area contributed by atoms with E-state index in [9.17, 15) is 10.2 Å². The highest BCUT2D eigenvalue weighted by Crippen LogP contribution is 2.39. The van der Waals surface area contributed by atoms with Crippen molar-refractivity contribution in [1.29, 1.82) is 0 Å². The van der Waals surface area contributed by atoms with E-state index >= 15 is 0 Å². The molecule has 0 radical (unpaired) electrons. The van der Waals surface area contributed by atoms with Crippen LogP contribution < -0.4 is 0 Å². The first-order chi connectivity index (χ1) is 6.97. The molecule has 1 atom stereocenters. The van der Waals surface area contributed by atoms with Crippen LogP contribution in [0.2, 0.25) is 0 Å². The number of phenols is 3. The van der Waals surface area contributed by atoms with Crippen molar-refractivity contribution < 1.29 is 25.5 Å². The van der Waals surface area contributed by atoms with Crippen molar-refractivity contribution in [2.45, 2.75) is 20.0 Å². The Bertz CT molecular complexity index is 325. The Hall–Kier alpha value is -1.46. The maximum absolute atomic E-state index is 9.26. The second-order valence-corrected chi connectivity index (χ2v) is 3.68. The van der Waals surface area contributed by atoms with Crippen molar-refractivity contribution in [3.8, 4) is 17.2 Å². The van der Waals surface area contributed by atoms with Crippen molar-refractivity contribution in [1.82, 2.24) is 0 Å². The molecule has 5 heteroatoms. The van der Waals surface area contributed by atoms with Gasteiger partial charge in [-0.2, -0.15) is 0 Å². The molecule has 5 nitrogen and oxygen atoms in total. The molecule has 0 aromatic heterocycles. The first-order valence-corrected chi connectivity index (χ1v) is 4.52. The first-order valence-electron chi connectivity index (χ1n) is 4.52. The third-order valence-corrected chi connectivity index (χ3v) is 2.14. The van der Waals surface area contributed by atoms with Gasteiger partial charge in [0.15, 0.2) is 17.2 Å². The Balaban J connectivity index is 3.14. The van der Waals surface area contributed by atoms with E-state index in [0.29, 0.717) is 5.56 Å². The third kappa shape index (κ3) is 2.31. The molecule has 0 fully saturated rings. The number of hydrogen-bond donors (Lipinski definition) is 4. The molecule has 4 N–H and O–H groups in total. The van der Waals surface area contributed by atoms with Crippen LogP contribution in [0, 0.1) is 5.92 Å². The summed E-state index contributed by atoms with van der Waals surface area (Å²) in [6, 6.07) is 2.46. The lowest BCUT2D eigenvalue weighted by Gasteiger charge is -2.18. The van der Waals surface area contributed by atoms with E-state index in [4.69, 9.17) is 10.4 Å². The van der Waals surface area contributed by atoms with Crippen LogP contribution in [-0.2, 0) is 4.89 Å². The van der Waals surface area contributed by atoms with Gasteiger partial charge in [0, 0.05) is 0 Å². The second kappa shape index (κ2) is 4.37. The molecule has 1 rings (SSSR count). The first kappa shape index (κ1) is 11.6. The van der Waals surface area contributed by atoms with Gasteiger partial charge in [-0.3, -0.25) is 5.26 Å². The van der Waals surface area contributed by atoms with Crippen molar-refractivity contribution in [2.75, 3.05) is 0 Å². The largest absolute Gasteiger partial charge is 0.504 e. The predicted octanol–water partition coefficient (Wildman–Crippen LogP) is 1.99. The Morgan fingerprint density at radius 3 is 1.87 bits per heavy atom. The van der Waals surface area contributed by atoms with Crippen molar-refractivity contribution in [3.63, 3.8) is 0 Å². The summed E-state index contributed by atoms with van der Waals surface area (Å²) < 4.78 is 0. The fourth-order valence-electron chi connectivity index (χ4n) is 1.36. The SMILES string of the molecule is CC(C)C(OO)c1cc(O)c(O)c(O)c1. The molecule has 1 unspecified atom stereocenters. The molecule has 0 aliphatic rings. The lowest BCUT2D eigenvalue weighted by Crippen LogP contribution is -2.08. The van der Waals surface area contributed by atoms with Gasteiger partial charge >= 0.3 is 0 Å². The molecule has 1 aromatic rings. The molecule has 0 spiro atoms. The lowest BCUT2D eigenvalue weighted by atomic mass is 9.98. The quantitative estimate of drug-likeness (QED) is 0.351. The zero-order valence-corrected chi connectivity index (χ0v) is 8.51. The average Bonchev–Trinajstić information content (AvgIpc) is 2.14. The lowest BCUT2D eigenvalue weighted by molar-refractivity contribution is -0.291. The summed E-state index contributed by atoms with van der Waals surface area (Å²) in [5.74, 6) is -1.53. The highest BCUT2D eigenvalue weighted by molar-refractivity contribution is 5.51. The topological polar surface area (TPSA) is 90.2 Å². The van der Waals surface area contributed by atoms with Crippen LogP contribution in [0.4, 0.5) is 0 Å². The van der Waals surface area contributed by atoms with E-state index in [1.807, 2.05) is 13.8 Å². The molecule has 0 saturated heterocycles.